The van der Waals surface area contributed by atoms with Crippen molar-refractivity contribution < 1.29 is 40.0 Å². The van der Waals surface area contributed by atoms with Crippen LogP contribution in [-0.2, 0) is 13.3 Å². The van der Waals surface area contributed by atoms with Crippen LogP contribution >= 0.6 is 0 Å². The highest BCUT2D eigenvalue weighted by molar-refractivity contribution is 6.36. The van der Waals surface area contributed by atoms with Crippen LogP contribution in [0.4, 0.5) is 22.0 Å². The van der Waals surface area contributed by atoms with Gasteiger partial charge >= 0.3 is 9.53 Å². The van der Waals surface area contributed by atoms with Gasteiger partial charge in [-0.25, -0.2) is 13.2 Å². The molecule has 0 aliphatic carbocycles. The summed E-state index contributed by atoms with van der Waals surface area (Å²) in [5, 5.41) is 0. The maximum Gasteiger partial charge on any atom is 0.484 e. The quantitative estimate of drug-likeness (QED) is 0.332. The summed E-state index contributed by atoms with van der Waals surface area (Å²) in [5.74, 6) is -11.8. The topological polar surface area (TPSA) is 36.9 Å². The normalized spacial score (nSPS) is 12.8. The lowest BCUT2D eigenvalue weighted by atomic mass is 10.2. The summed E-state index contributed by atoms with van der Waals surface area (Å²) in [6.07, 6.45) is -0.739. The molecule has 0 spiro atoms. The first kappa shape index (κ1) is 17.8. The van der Waals surface area contributed by atoms with Crippen molar-refractivity contribution in [2.24, 2.45) is 0 Å². The predicted octanol–water partition coefficient (Wildman–Crippen LogP) is 2.18. The Bertz CT molecular complexity index is 469. The monoisotopic (exact) mass is 332 g/mol. The maximum absolute atomic E-state index is 13.3. The summed E-state index contributed by atoms with van der Waals surface area (Å²) in [5.41, 5.74) is 0. The molecule has 10 heteroatoms. The molecule has 4 nitrogen and oxygen atoms in total. The number of ether oxygens (including phenoxy) is 1. The fourth-order valence-electron chi connectivity index (χ4n) is 1.35. The molecule has 0 saturated heterocycles. The lowest BCUT2D eigenvalue weighted by Gasteiger charge is -2.19. The van der Waals surface area contributed by atoms with Gasteiger partial charge in [0.15, 0.2) is 5.75 Å². The van der Waals surface area contributed by atoms with E-state index in [9.17, 15) is 22.0 Å². The molecule has 21 heavy (non-hydrogen) atoms. The number of benzene rings is 1. The van der Waals surface area contributed by atoms with Gasteiger partial charge in [0.25, 0.3) is 0 Å². The van der Waals surface area contributed by atoms with Crippen LogP contribution in [0.3, 0.4) is 0 Å². The van der Waals surface area contributed by atoms with Crippen molar-refractivity contribution in [2.45, 2.75) is 13.0 Å². The summed E-state index contributed by atoms with van der Waals surface area (Å²) in [6.45, 7) is 1.01. The fraction of sp³-hybridized carbons (Fsp3) is 0.455. The van der Waals surface area contributed by atoms with Gasteiger partial charge in [-0.15, -0.1) is 0 Å². The van der Waals surface area contributed by atoms with Crippen LogP contribution in [0.5, 0.6) is 5.75 Å². The molecule has 1 aromatic rings. The summed E-state index contributed by atoms with van der Waals surface area (Å²) >= 11 is 0. The zero-order valence-electron chi connectivity index (χ0n) is 11.4. The van der Waals surface area contributed by atoms with Crippen LogP contribution in [0.1, 0.15) is 6.92 Å². The Kier molecular flexibility index (Phi) is 6.52. The van der Waals surface area contributed by atoms with E-state index in [1.165, 1.54) is 21.1 Å². The third kappa shape index (κ3) is 4.12. The van der Waals surface area contributed by atoms with Gasteiger partial charge in [0, 0.05) is 14.2 Å². The fourth-order valence-corrected chi connectivity index (χ4v) is 2.22. The molecule has 0 bridgehead atoms. The molecule has 1 rings (SSSR count). The molecule has 1 aromatic carbocycles. The van der Waals surface area contributed by atoms with E-state index in [1.807, 2.05) is 0 Å². The predicted molar refractivity (Wildman–Crippen MR) is 63.4 cm³/mol. The first-order valence-electron chi connectivity index (χ1n) is 5.68. The van der Waals surface area contributed by atoms with Crippen molar-refractivity contribution in [1.29, 1.82) is 0 Å². The molecule has 0 saturated carbocycles. The third-order valence-corrected chi connectivity index (χ3v) is 3.82. The minimum absolute atomic E-state index is 0.450. The Labute approximate surface area is 119 Å². The highest BCUT2D eigenvalue weighted by Crippen LogP contribution is 2.29. The van der Waals surface area contributed by atoms with E-state index in [0.29, 0.717) is 0 Å². The zero-order valence-corrected chi connectivity index (χ0v) is 12.5. The van der Waals surface area contributed by atoms with Gasteiger partial charge in [0.05, 0.1) is 6.10 Å². The molecule has 0 radical (unpaired) electrons. The smallest absolute Gasteiger partial charge is 0.484 e. The standard InChI is InChI=1S/C11H13F5O4Si/c1-5(20-21(17-2)18-3)4-19-11-9(15)7(13)6(12)8(14)10(11)16/h5,21H,4H2,1-3H3. The molecular formula is C11H13F5O4Si. The van der Waals surface area contributed by atoms with Gasteiger partial charge in [0.2, 0.25) is 29.1 Å². The average Bonchev–Trinajstić information content (AvgIpc) is 2.48. The first-order chi connectivity index (χ1) is 9.83. The Morgan fingerprint density at radius 1 is 0.857 bits per heavy atom. The van der Waals surface area contributed by atoms with E-state index < -0.39 is 57.1 Å². The molecule has 0 fully saturated rings. The molecule has 0 aliphatic heterocycles. The highest BCUT2D eigenvalue weighted by atomic mass is 28.3. The van der Waals surface area contributed by atoms with E-state index in [-0.39, 0.29) is 0 Å². The molecule has 1 unspecified atom stereocenters. The van der Waals surface area contributed by atoms with Crippen molar-refractivity contribution in [3.8, 4) is 5.75 Å². The Hall–Kier alpha value is -1.23. The van der Waals surface area contributed by atoms with Crippen LogP contribution in [0.15, 0.2) is 0 Å². The van der Waals surface area contributed by atoms with Crippen molar-refractivity contribution in [3.05, 3.63) is 29.1 Å². The third-order valence-electron chi connectivity index (χ3n) is 2.36. The lowest BCUT2D eigenvalue weighted by molar-refractivity contribution is 0.0633. The minimum atomic E-state index is -2.40. The molecule has 0 aliphatic rings. The summed E-state index contributed by atoms with van der Waals surface area (Å²) in [4.78, 5) is 0. The maximum atomic E-state index is 13.3. The van der Waals surface area contributed by atoms with E-state index in [2.05, 4.69) is 4.74 Å². The number of hydrogen-bond donors (Lipinski definition) is 0. The summed E-state index contributed by atoms with van der Waals surface area (Å²) < 4.78 is 84.9. The Balaban J connectivity index is 2.81. The summed E-state index contributed by atoms with van der Waals surface area (Å²) in [7, 11) is 0.287. The molecule has 120 valence electrons. The Morgan fingerprint density at radius 3 is 1.71 bits per heavy atom. The van der Waals surface area contributed by atoms with E-state index in [1.54, 1.807) is 0 Å². The second-order valence-electron chi connectivity index (χ2n) is 3.92. The van der Waals surface area contributed by atoms with Crippen LogP contribution < -0.4 is 4.74 Å². The van der Waals surface area contributed by atoms with Gasteiger partial charge in [-0.1, -0.05) is 0 Å². The molecular weight excluding hydrogens is 319 g/mol. The van der Waals surface area contributed by atoms with Crippen LogP contribution in [0, 0.1) is 29.1 Å². The van der Waals surface area contributed by atoms with Crippen molar-refractivity contribution in [1.82, 2.24) is 0 Å². The van der Waals surface area contributed by atoms with Gasteiger partial charge in [-0.3, -0.25) is 0 Å². The average molecular weight is 332 g/mol. The van der Waals surface area contributed by atoms with E-state index in [0.717, 1.165) is 0 Å². The largest absolute Gasteiger partial charge is 0.485 e. The number of rotatable bonds is 7. The van der Waals surface area contributed by atoms with Gasteiger partial charge in [-0.05, 0) is 6.92 Å². The van der Waals surface area contributed by atoms with Gasteiger partial charge in [0.1, 0.15) is 6.61 Å². The molecule has 0 aromatic heterocycles. The molecule has 0 heterocycles. The second kappa shape index (κ2) is 7.68. The van der Waals surface area contributed by atoms with E-state index >= 15 is 0 Å². The first-order valence-corrected chi connectivity index (χ1v) is 7.10. The molecule has 1 atom stereocenters. The van der Waals surface area contributed by atoms with Gasteiger partial charge in [-0.2, -0.15) is 8.78 Å². The highest BCUT2D eigenvalue weighted by Gasteiger charge is 2.27. The SMILES string of the molecule is CO[SiH](OC)OC(C)COc1c(F)c(F)c(F)c(F)c1F. The minimum Gasteiger partial charge on any atom is -0.485 e. The van der Waals surface area contributed by atoms with Crippen LogP contribution in [-0.4, -0.2) is 36.5 Å². The number of halogens is 5. The van der Waals surface area contributed by atoms with Crippen LogP contribution in [0.25, 0.3) is 0 Å². The van der Waals surface area contributed by atoms with Crippen LogP contribution in [0.2, 0.25) is 0 Å². The second-order valence-corrected chi connectivity index (χ2v) is 5.71. The number of hydrogen-bond acceptors (Lipinski definition) is 4. The lowest BCUT2D eigenvalue weighted by Crippen LogP contribution is -2.32. The van der Waals surface area contributed by atoms with Crippen molar-refractivity contribution in [2.75, 3.05) is 20.8 Å². The molecule has 0 amide bonds. The molecule has 0 N–H and O–H groups in total. The zero-order chi connectivity index (χ0) is 16.2. The van der Waals surface area contributed by atoms with Crippen molar-refractivity contribution >= 4 is 9.53 Å². The Morgan fingerprint density at radius 2 is 1.29 bits per heavy atom. The summed E-state index contributed by atoms with van der Waals surface area (Å²) in [6, 6.07) is 0. The van der Waals surface area contributed by atoms with Crippen molar-refractivity contribution in [3.63, 3.8) is 0 Å². The van der Waals surface area contributed by atoms with E-state index in [4.69, 9.17) is 13.3 Å². The van der Waals surface area contributed by atoms with Gasteiger partial charge < -0.3 is 18.0 Å².